The molecule has 0 aliphatic carbocycles. The lowest BCUT2D eigenvalue weighted by Gasteiger charge is -2.25. The van der Waals surface area contributed by atoms with E-state index in [2.05, 4.69) is 43.0 Å². The number of hydrogen-bond acceptors (Lipinski definition) is 5. The van der Waals surface area contributed by atoms with Gasteiger partial charge in [0, 0.05) is 19.1 Å². The number of nitrogens with one attached hydrogen (secondary N) is 1. The molecule has 1 unspecified atom stereocenters. The summed E-state index contributed by atoms with van der Waals surface area (Å²) >= 11 is 3.38. The van der Waals surface area contributed by atoms with E-state index in [9.17, 15) is 0 Å². The minimum absolute atomic E-state index is 0.482. The van der Waals surface area contributed by atoms with Gasteiger partial charge in [0.15, 0.2) is 0 Å². The number of ether oxygens (including phenoxy) is 1. The molecule has 1 aliphatic heterocycles. The van der Waals surface area contributed by atoms with Crippen molar-refractivity contribution in [1.82, 2.24) is 15.3 Å². The van der Waals surface area contributed by atoms with E-state index in [1.807, 2.05) is 0 Å². The summed E-state index contributed by atoms with van der Waals surface area (Å²) in [4.78, 5) is 11.1. The summed E-state index contributed by atoms with van der Waals surface area (Å²) in [7, 11) is 1.62. The maximum absolute atomic E-state index is 5.22. The summed E-state index contributed by atoms with van der Waals surface area (Å²) in [6.45, 7) is 5.12. The molecule has 1 aromatic rings. The smallest absolute Gasteiger partial charge is 0.232 e. The molecule has 2 heterocycles. The first-order chi connectivity index (χ1) is 8.76. The van der Waals surface area contributed by atoms with Crippen molar-refractivity contribution in [2.75, 3.05) is 31.6 Å². The molecule has 0 saturated carbocycles. The van der Waals surface area contributed by atoms with Crippen LogP contribution in [-0.4, -0.2) is 42.8 Å². The van der Waals surface area contributed by atoms with E-state index in [4.69, 9.17) is 4.74 Å². The molecule has 1 aromatic heterocycles. The number of hydrogen-bond donors (Lipinski definition) is 1. The number of anilines is 1. The molecule has 5 nitrogen and oxygen atoms in total. The fourth-order valence-corrected chi connectivity index (χ4v) is 2.60. The van der Waals surface area contributed by atoms with Gasteiger partial charge in [-0.15, -0.1) is 0 Å². The number of nitrogens with zero attached hydrogens (tertiary/aromatic N) is 3. The number of likely N-dealkylation sites (N-methyl/N-ethyl adjacent to an activating group) is 1. The molecule has 1 fully saturated rings. The maximum Gasteiger partial charge on any atom is 0.232 e. The molecule has 18 heavy (non-hydrogen) atoms. The summed E-state index contributed by atoms with van der Waals surface area (Å²) in [5.41, 5.74) is 0. The Kier molecular flexibility index (Phi) is 4.77. The van der Waals surface area contributed by atoms with Gasteiger partial charge < -0.3 is 15.0 Å². The van der Waals surface area contributed by atoms with Crippen molar-refractivity contribution in [2.24, 2.45) is 0 Å². The molecule has 0 aromatic carbocycles. The van der Waals surface area contributed by atoms with Crippen molar-refractivity contribution >= 4 is 21.9 Å². The van der Waals surface area contributed by atoms with E-state index in [0.29, 0.717) is 11.9 Å². The molecular weight excluding hydrogens is 296 g/mol. The van der Waals surface area contributed by atoms with Crippen molar-refractivity contribution in [3.05, 3.63) is 10.7 Å². The van der Waals surface area contributed by atoms with Crippen LogP contribution in [0.1, 0.15) is 19.8 Å². The Labute approximate surface area is 116 Å². The minimum atomic E-state index is 0.482. The Morgan fingerprint density at radius 1 is 1.61 bits per heavy atom. The predicted molar refractivity (Wildman–Crippen MR) is 75.2 cm³/mol. The second-order valence-corrected chi connectivity index (χ2v) is 5.18. The number of methoxy groups -OCH3 is 1. The van der Waals surface area contributed by atoms with Crippen LogP contribution < -0.4 is 15.0 Å². The van der Waals surface area contributed by atoms with E-state index in [-0.39, 0.29) is 0 Å². The van der Waals surface area contributed by atoms with E-state index in [1.54, 1.807) is 13.3 Å². The molecule has 0 amide bonds. The first-order valence-electron chi connectivity index (χ1n) is 6.30. The highest BCUT2D eigenvalue weighted by Gasteiger charge is 2.26. The second-order valence-electron chi connectivity index (χ2n) is 4.32. The number of aromatic nitrogens is 2. The van der Waals surface area contributed by atoms with Gasteiger partial charge in [-0.25, -0.2) is 4.98 Å². The topological polar surface area (TPSA) is 50.3 Å². The molecule has 1 aliphatic rings. The maximum atomic E-state index is 5.22. The summed E-state index contributed by atoms with van der Waals surface area (Å²) in [5, 5.41) is 3.39. The lowest BCUT2D eigenvalue weighted by molar-refractivity contribution is 0.393. The highest BCUT2D eigenvalue weighted by atomic mass is 79.9. The third-order valence-corrected chi connectivity index (χ3v) is 3.70. The number of rotatable bonds is 5. The Balaban J connectivity index is 2.14. The largest absolute Gasteiger partial charge is 0.480 e. The molecule has 0 bridgehead atoms. The minimum Gasteiger partial charge on any atom is -0.480 e. The second kappa shape index (κ2) is 6.33. The molecule has 1 N–H and O–H groups in total. The molecule has 1 saturated heterocycles. The Bertz CT molecular complexity index is 402. The van der Waals surface area contributed by atoms with Crippen molar-refractivity contribution in [3.8, 4) is 5.88 Å². The van der Waals surface area contributed by atoms with Crippen molar-refractivity contribution < 1.29 is 4.74 Å². The van der Waals surface area contributed by atoms with Crippen LogP contribution in [0.5, 0.6) is 5.88 Å². The summed E-state index contributed by atoms with van der Waals surface area (Å²) in [5.74, 6) is 1.35. The Morgan fingerprint density at radius 2 is 2.44 bits per heavy atom. The molecule has 1 atom stereocenters. The van der Waals surface area contributed by atoms with Gasteiger partial charge in [0.05, 0.1) is 17.8 Å². The van der Waals surface area contributed by atoms with Crippen molar-refractivity contribution in [1.29, 1.82) is 0 Å². The zero-order valence-electron chi connectivity index (χ0n) is 10.8. The van der Waals surface area contributed by atoms with Gasteiger partial charge in [-0.3, -0.25) is 0 Å². The van der Waals surface area contributed by atoms with Crippen LogP contribution >= 0.6 is 15.9 Å². The Morgan fingerprint density at radius 3 is 3.17 bits per heavy atom. The summed E-state index contributed by atoms with van der Waals surface area (Å²) in [6, 6.07) is 0.482. The van der Waals surface area contributed by atoms with Crippen LogP contribution in [0.25, 0.3) is 0 Å². The first kappa shape index (κ1) is 13.5. The fraction of sp³-hybridized carbons (Fsp3) is 0.667. The standard InChI is InChI=1S/C12H19BrN4O/c1-3-14-7-9-5-4-6-17(9)12-15-8-10(13)11(16-12)18-2/h8-9,14H,3-7H2,1-2H3. The third kappa shape index (κ3) is 2.92. The average Bonchev–Trinajstić information content (AvgIpc) is 2.85. The van der Waals surface area contributed by atoms with E-state index >= 15 is 0 Å². The van der Waals surface area contributed by atoms with E-state index < -0.39 is 0 Å². The summed E-state index contributed by atoms with van der Waals surface area (Å²) < 4.78 is 6.01. The molecule has 2 rings (SSSR count). The van der Waals surface area contributed by atoms with Gasteiger partial charge in [-0.1, -0.05) is 6.92 Å². The van der Waals surface area contributed by atoms with Crippen LogP contribution in [0, 0.1) is 0 Å². The van der Waals surface area contributed by atoms with Gasteiger partial charge in [0.25, 0.3) is 0 Å². The van der Waals surface area contributed by atoms with Crippen LogP contribution in [0.2, 0.25) is 0 Å². The zero-order valence-corrected chi connectivity index (χ0v) is 12.4. The average molecular weight is 315 g/mol. The van der Waals surface area contributed by atoms with E-state index in [0.717, 1.165) is 30.1 Å². The van der Waals surface area contributed by atoms with Crippen LogP contribution in [0.15, 0.2) is 10.7 Å². The molecular formula is C12H19BrN4O. The predicted octanol–water partition coefficient (Wildman–Crippen LogP) is 1.83. The van der Waals surface area contributed by atoms with Gasteiger partial charge in [0.1, 0.15) is 0 Å². The van der Waals surface area contributed by atoms with Crippen molar-refractivity contribution in [3.63, 3.8) is 0 Å². The van der Waals surface area contributed by atoms with Gasteiger partial charge >= 0.3 is 0 Å². The highest BCUT2D eigenvalue weighted by molar-refractivity contribution is 9.10. The molecule has 0 radical (unpaired) electrons. The van der Waals surface area contributed by atoms with E-state index in [1.165, 1.54) is 12.8 Å². The Hall–Kier alpha value is -0.880. The third-order valence-electron chi connectivity index (χ3n) is 3.16. The van der Waals surface area contributed by atoms with Crippen LogP contribution in [0.3, 0.4) is 0 Å². The lowest BCUT2D eigenvalue weighted by atomic mass is 10.2. The SMILES string of the molecule is CCNCC1CCCN1c1ncc(Br)c(OC)n1. The first-order valence-corrected chi connectivity index (χ1v) is 7.09. The number of halogens is 1. The zero-order chi connectivity index (χ0) is 13.0. The van der Waals surface area contributed by atoms with Crippen molar-refractivity contribution in [2.45, 2.75) is 25.8 Å². The van der Waals surface area contributed by atoms with Crippen LogP contribution in [0.4, 0.5) is 5.95 Å². The summed E-state index contributed by atoms with van der Waals surface area (Å²) in [6.07, 6.45) is 4.14. The highest BCUT2D eigenvalue weighted by Crippen LogP contribution is 2.27. The quantitative estimate of drug-likeness (QED) is 0.898. The van der Waals surface area contributed by atoms with Gasteiger partial charge in [0.2, 0.25) is 11.8 Å². The fourth-order valence-electron chi connectivity index (χ4n) is 2.25. The van der Waals surface area contributed by atoms with Gasteiger partial charge in [-0.05, 0) is 35.3 Å². The molecule has 0 spiro atoms. The molecule has 100 valence electrons. The van der Waals surface area contributed by atoms with Gasteiger partial charge in [-0.2, -0.15) is 4.98 Å². The van der Waals surface area contributed by atoms with Crippen LogP contribution in [-0.2, 0) is 0 Å². The lowest BCUT2D eigenvalue weighted by Crippen LogP contribution is -2.38. The molecule has 6 heteroatoms. The normalized spacial score (nSPS) is 19.3. The monoisotopic (exact) mass is 314 g/mol.